The molecule has 0 fully saturated rings. The minimum Gasteiger partial charge on any atom is -0.480 e. The van der Waals surface area contributed by atoms with E-state index in [2.05, 4.69) is 18.4 Å². The molecule has 0 bridgehead atoms. The van der Waals surface area contributed by atoms with Gasteiger partial charge in [0.25, 0.3) is 0 Å². The van der Waals surface area contributed by atoms with Crippen LogP contribution < -0.4 is 5.73 Å². The van der Waals surface area contributed by atoms with Gasteiger partial charge in [0.1, 0.15) is 12.6 Å². The third kappa shape index (κ3) is 41.2. The fourth-order valence-electron chi connectivity index (χ4n) is 7.07. The summed E-state index contributed by atoms with van der Waals surface area (Å²) in [6.07, 6.45) is 41.7. The van der Waals surface area contributed by atoms with E-state index in [0.717, 1.165) is 38.5 Å². The Morgan fingerprint density at radius 2 is 0.759 bits per heavy atom. The van der Waals surface area contributed by atoms with Crippen molar-refractivity contribution in [3.63, 3.8) is 0 Å². The van der Waals surface area contributed by atoms with Crippen LogP contribution in [0.1, 0.15) is 245 Å². The standard InChI is InChI=1S/C46H90NO10P/c1-3-5-7-9-11-13-15-17-18-19-20-21-22-23-24-26-28-30-32-34-36-38-45(49)57-42(40-55-58(52,53)56-41-43(47)46(50)51)39-54-44(48)37-35-33-31-29-27-25-16-14-12-10-8-6-4-2/h42-43H,3-41,47H2,1-2H3,(H,50,51)(H,52,53)/t42-,43+/m1/s1. The van der Waals surface area contributed by atoms with Crippen LogP contribution in [-0.4, -0.2) is 59.9 Å². The number of hydrogen-bond donors (Lipinski definition) is 3. The second-order valence-electron chi connectivity index (χ2n) is 16.6. The van der Waals surface area contributed by atoms with Gasteiger partial charge in [-0.05, 0) is 12.8 Å². The largest absolute Gasteiger partial charge is 0.480 e. The second kappa shape index (κ2) is 42.2. The van der Waals surface area contributed by atoms with Crippen molar-refractivity contribution in [1.29, 1.82) is 0 Å². The van der Waals surface area contributed by atoms with Crippen molar-refractivity contribution >= 4 is 25.7 Å². The number of phosphoric ester groups is 1. The van der Waals surface area contributed by atoms with E-state index in [1.165, 1.54) is 167 Å². The van der Waals surface area contributed by atoms with Crippen LogP contribution in [0.3, 0.4) is 0 Å². The van der Waals surface area contributed by atoms with Crippen LogP contribution in [-0.2, 0) is 37.5 Å². The van der Waals surface area contributed by atoms with Crippen LogP contribution in [0.25, 0.3) is 0 Å². The molecule has 0 amide bonds. The summed E-state index contributed by atoms with van der Waals surface area (Å²) in [5, 5.41) is 8.90. The maximum Gasteiger partial charge on any atom is 0.472 e. The zero-order valence-corrected chi connectivity index (χ0v) is 38.3. The maximum absolute atomic E-state index is 12.7. The van der Waals surface area contributed by atoms with Crippen molar-refractivity contribution in [1.82, 2.24) is 0 Å². The van der Waals surface area contributed by atoms with E-state index >= 15 is 0 Å². The van der Waals surface area contributed by atoms with E-state index < -0.39 is 51.1 Å². The zero-order chi connectivity index (χ0) is 42.8. The van der Waals surface area contributed by atoms with Gasteiger partial charge >= 0.3 is 25.7 Å². The number of phosphoric acid groups is 1. The highest BCUT2D eigenvalue weighted by Crippen LogP contribution is 2.43. The lowest BCUT2D eigenvalue weighted by molar-refractivity contribution is -0.161. The van der Waals surface area contributed by atoms with Gasteiger partial charge in [0.2, 0.25) is 0 Å². The molecule has 0 heterocycles. The molecular weight excluding hydrogens is 757 g/mol. The quantitative estimate of drug-likeness (QED) is 0.0302. The normalized spacial score (nSPS) is 13.6. The number of ether oxygens (including phenoxy) is 2. The molecule has 0 rings (SSSR count). The molecule has 3 atom stereocenters. The Balaban J connectivity index is 4.20. The molecule has 12 heteroatoms. The van der Waals surface area contributed by atoms with Gasteiger partial charge < -0.3 is 25.2 Å². The first-order valence-corrected chi connectivity index (χ1v) is 25.6. The molecule has 11 nitrogen and oxygen atoms in total. The van der Waals surface area contributed by atoms with Gasteiger partial charge in [-0.2, -0.15) is 0 Å². The van der Waals surface area contributed by atoms with Crippen molar-refractivity contribution in [2.45, 2.75) is 257 Å². The van der Waals surface area contributed by atoms with E-state index in [0.29, 0.717) is 12.8 Å². The zero-order valence-electron chi connectivity index (χ0n) is 37.4. The van der Waals surface area contributed by atoms with E-state index in [4.69, 9.17) is 24.8 Å². The monoisotopic (exact) mass is 848 g/mol. The maximum atomic E-state index is 12.7. The van der Waals surface area contributed by atoms with Crippen molar-refractivity contribution in [2.75, 3.05) is 19.8 Å². The number of esters is 2. The average Bonchev–Trinajstić information content (AvgIpc) is 3.20. The van der Waals surface area contributed by atoms with Gasteiger partial charge in [0.15, 0.2) is 6.10 Å². The van der Waals surface area contributed by atoms with Crippen LogP contribution in [0, 0.1) is 0 Å². The summed E-state index contributed by atoms with van der Waals surface area (Å²) in [7, 11) is -4.71. The number of carbonyl (C=O) groups is 3. The number of carboxylic acids is 1. The highest BCUT2D eigenvalue weighted by Gasteiger charge is 2.28. The van der Waals surface area contributed by atoms with E-state index in [-0.39, 0.29) is 19.4 Å². The predicted molar refractivity (Wildman–Crippen MR) is 236 cm³/mol. The molecule has 4 N–H and O–H groups in total. The fourth-order valence-corrected chi connectivity index (χ4v) is 7.85. The Kier molecular flexibility index (Phi) is 41.1. The highest BCUT2D eigenvalue weighted by atomic mass is 31.2. The smallest absolute Gasteiger partial charge is 0.472 e. The molecule has 0 saturated carbocycles. The fraction of sp³-hybridized carbons (Fsp3) is 0.935. The van der Waals surface area contributed by atoms with Gasteiger partial charge in [-0.25, -0.2) is 4.57 Å². The summed E-state index contributed by atoms with van der Waals surface area (Å²) < 4.78 is 32.8. The van der Waals surface area contributed by atoms with Crippen LogP contribution in [0.2, 0.25) is 0 Å². The molecule has 0 aromatic heterocycles. The average molecular weight is 848 g/mol. The molecule has 0 aliphatic heterocycles. The molecule has 0 spiro atoms. The van der Waals surface area contributed by atoms with Gasteiger partial charge in [0.05, 0.1) is 13.2 Å². The Morgan fingerprint density at radius 3 is 1.09 bits per heavy atom. The van der Waals surface area contributed by atoms with Gasteiger partial charge in [-0.3, -0.25) is 23.4 Å². The lowest BCUT2D eigenvalue weighted by Gasteiger charge is -2.20. The first-order valence-electron chi connectivity index (χ1n) is 24.1. The number of hydrogen-bond acceptors (Lipinski definition) is 9. The molecule has 58 heavy (non-hydrogen) atoms. The Hall–Kier alpha value is -1.52. The third-order valence-corrected chi connectivity index (χ3v) is 11.8. The summed E-state index contributed by atoms with van der Waals surface area (Å²) in [5.74, 6) is -2.35. The summed E-state index contributed by atoms with van der Waals surface area (Å²) in [6.45, 7) is 2.85. The Morgan fingerprint density at radius 1 is 0.466 bits per heavy atom. The van der Waals surface area contributed by atoms with E-state index in [1.807, 2.05) is 0 Å². The second-order valence-corrected chi connectivity index (χ2v) is 18.1. The Bertz CT molecular complexity index is 1000. The van der Waals surface area contributed by atoms with Gasteiger partial charge in [-0.15, -0.1) is 0 Å². The third-order valence-electron chi connectivity index (χ3n) is 10.9. The first-order chi connectivity index (χ1) is 28.1. The van der Waals surface area contributed by atoms with Crippen molar-refractivity contribution in [2.24, 2.45) is 5.73 Å². The highest BCUT2D eigenvalue weighted by molar-refractivity contribution is 7.47. The van der Waals surface area contributed by atoms with Crippen LogP contribution >= 0.6 is 7.82 Å². The molecular formula is C46H90NO10P. The SMILES string of the molecule is CCCCCCCCCCCCCCCCCCCCCCCC(=O)O[C@H](COC(=O)CCCCCCCCCCCCCCC)COP(=O)(O)OC[C@H](N)C(=O)O. The molecule has 0 aromatic rings. The van der Waals surface area contributed by atoms with Crippen molar-refractivity contribution in [3.05, 3.63) is 0 Å². The molecule has 0 aliphatic rings. The van der Waals surface area contributed by atoms with Gasteiger partial charge in [-0.1, -0.05) is 219 Å². The molecule has 0 aromatic carbocycles. The lowest BCUT2D eigenvalue weighted by Crippen LogP contribution is -2.34. The first kappa shape index (κ1) is 56.5. The Labute approximate surface area is 355 Å². The number of carboxylic acid groups (broad SMARTS) is 1. The van der Waals surface area contributed by atoms with Crippen molar-refractivity contribution < 1.29 is 47.5 Å². The minimum absolute atomic E-state index is 0.170. The predicted octanol–water partition coefficient (Wildman–Crippen LogP) is 13.1. The number of unbranched alkanes of at least 4 members (excludes halogenated alkanes) is 32. The summed E-state index contributed by atoms with van der Waals surface area (Å²) in [4.78, 5) is 46.0. The molecule has 0 saturated heterocycles. The minimum atomic E-state index is -4.71. The summed E-state index contributed by atoms with van der Waals surface area (Å²) >= 11 is 0. The number of nitrogens with two attached hydrogens (primary N) is 1. The summed E-state index contributed by atoms with van der Waals surface area (Å²) in [5.41, 5.74) is 5.34. The topological polar surface area (TPSA) is 172 Å². The lowest BCUT2D eigenvalue weighted by atomic mass is 10.0. The van der Waals surface area contributed by atoms with Crippen LogP contribution in [0.5, 0.6) is 0 Å². The van der Waals surface area contributed by atoms with E-state index in [9.17, 15) is 23.8 Å². The van der Waals surface area contributed by atoms with Gasteiger partial charge in [0, 0.05) is 12.8 Å². The molecule has 344 valence electrons. The van der Waals surface area contributed by atoms with Crippen LogP contribution in [0.4, 0.5) is 0 Å². The molecule has 1 unspecified atom stereocenters. The summed E-state index contributed by atoms with van der Waals surface area (Å²) in [6, 6.07) is -1.52. The number of aliphatic carboxylic acids is 1. The molecule has 0 radical (unpaired) electrons. The number of rotatable bonds is 46. The van der Waals surface area contributed by atoms with E-state index in [1.54, 1.807) is 0 Å². The molecule has 0 aliphatic carbocycles. The van der Waals surface area contributed by atoms with Crippen molar-refractivity contribution in [3.8, 4) is 0 Å². The number of carbonyl (C=O) groups excluding carboxylic acids is 2. The van der Waals surface area contributed by atoms with Crippen LogP contribution in [0.15, 0.2) is 0 Å².